The van der Waals surface area contributed by atoms with E-state index < -0.39 is 11.9 Å². The number of pyridine rings is 1. The van der Waals surface area contributed by atoms with E-state index in [9.17, 15) is 14.3 Å². The number of carbonyl (C=O) groups is 1. The zero-order valence-electron chi connectivity index (χ0n) is 18.4. The molecule has 0 bridgehead atoms. The molecule has 33 heavy (non-hydrogen) atoms. The lowest BCUT2D eigenvalue weighted by Gasteiger charge is -2.28. The van der Waals surface area contributed by atoms with Crippen LogP contribution in [-0.2, 0) is 13.6 Å². The smallest absolute Gasteiger partial charge is 0.253 e. The number of fused-ring (bicyclic) bond motifs is 1. The van der Waals surface area contributed by atoms with Gasteiger partial charge < -0.3 is 15.0 Å². The molecule has 7 nitrogen and oxygen atoms in total. The Hall–Kier alpha value is -3.52. The van der Waals surface area contributed by atoms with E-state index in [2.05, 4.69) is 15.4 Å². The molecule has 4 aromatic rings. The number of rotatable bonds is 5. The largest absolute Gasteiger partial charge is 0.391 e. The van der Waals surface area contributed by atoms with Crippen molar-refractivity contribution >= 4 is 16.8 Å². The summed E-state index contributed by atoms with van der Waals surface area (Å²) in [6.45, 7) is 0.444. The number of aliphatic hydroxyl groups is 1. The summed E-state index contributed by atoms with van der Waals surface area (Å²) in [5.41, 5.74) is 3.60. The van der Waals surface area contributed by atoms with Gasteiger partial charge in [0.25, 0.3) is 5.91 Å². The molecule has 8 heteroatoms. The first-order chi connectivity index (χ1) is 16.0. The van der Waals surface area contributed by atoms with Crippen molar-refractivity contribution in [3.63, 3.8) is 0 Å². The molecule has 1 amide bonds. The number of nitrogens with zero attached hydrogens (tertiary/aromatic N) is 4. The molecule has 1 aliphatic rings. The van der Waals surface area contributed by atoms with Gasteiger partial charge >= 0.3 is 0 Å². The molecule has 2 atom stereocenters. The Labute approximate surface area is 190 Å². The first-order valence-corrected chi connectivity index (χ1v) is 11.2. The second-order valence-corrected chi connectivity index (χ2v) is 8.69. The third kappa shape index (κ3) is 4.26. The molecule has 0 saturated heterocycles. The predicted molar refractivity (Wildman–Crippen MR) is 123 cm³/mol. The first-order valence-electron chi connectivity index (χ1n) is 11.2. The van der Waals surface area contributed by atoms with Crippen LogP contribution in [0, 0.1) is 5.82 Å². The van der Waals surface area contributed by atoms with Crippen molar-refractivity contribution in [3.8, 4) is 11.3 Å². The van der Waals surface area contributed by atoms with E-state index in [1.807, 2.05) is 36.0 Å². The predicted octanol–water partition coefficient (Wildman–Crippen LogP) is 3.66. The molecule has 0 aliphatic heterocycles. The topological polar surface area (TPSA) is 85.0 Å². The molecule has 3 heterocycles. The molecule has 0 radical (unpaired) electrons. The lowest BCUT2D eigenvalue weighted by atomic mass is 9.92. The third-order valence-electron chi connectivity index (χ3n) is 6.32. The normalized spacial score (nSPS) is 18.5. The number of aromatic nitrogens is 4. The lowest BCUT2D eigenvalue weighted by molar-refractivity contribution is 0.0718. The van der Waals surface area contributed by atoms with Crippen LogP contribution in [0.4, 0.5) is 4.39 Å². The van der Waals surface area contributed by atoms with E-state index in [0.29, 0.717) is 23.9 Å². The highest BCUT2D eigenvalue weighted by Gasteiger charge is 2.27. The summed E-state index contributed by atoms with van der Waals surface area (Å²) in [7, 11) is 1.86. The summed E-state index contributed by atoms with van der Waals surface area (Å²) >= 11 is 0. The number of aryl methyl sites for hydroxylation is 1. The number of carbonyl (C=O) groups excluding carboxylic acids is 1. The Bertz CT molecular complexity index is 1290. The molecule has 1 fully saturated rings. The van der Waals surface area contributed by atoms with Crippen molar-refractivity contribution in [1.82, 2.24) is 24.6 Å². The fourth-order valence-electron chi connectivity index (χ4n) is 4.58. The van der Waals surface area contributed by atoms with Crippen molar-refractivity contribution in [2.75, 3.05) is 0 Å². The number of hydrogen-bond acceptors (Lipinski definition) is 4. The average molecular weight is 448 g/mol. The van der Waals surface area contributed by atoms with Crippen LogP contribution in [0.15, 0.2) is 55.1 Å². The molecule has 2 N–H and O–H groups in total. The Balaban J connectivity index is 1.43. The van der Waals surface area contributed by atoms with Gasteiger partial charge in [0, 0.05) is 43.1 Å². The van der Waals surface area contributed by atoms with Crippen molar-refractivity contribution < 1.29 is 14.3 Å². The molecule has 2 unspecified atom stereocenters. The summed E-state index contributed by atoms with van der Waals surface area (Å²) in [5, 5.41) is 17.6. The van der Waals surface area contributed by atoms with Gasteiger partial charge in [0.2, 0.25) is 0 Å². The van der Waals surface area contributed by atoms with Gasteiger partial charge in [0.15, 0.2) is 0 Å². The molecule has 3 aromatic heterocycles. The minimum Gasteiger partial charge on any atom is -0.391 e. The third-order valence-corrected chi connectivity index (χ3v) is 6.32. The number of nitrogens with one attached hydrogen (secondary N) is 1. The molecule has 0 spiro atoms. The highest BCUT2D eigenvalue weighted by atomic mass is 19.1. The minimum absolute atomic E-state index is 0.279. The van der Waals surface area contributed by atoms with Gasteiger partial charge in [0.05, 0.1) is 35.1 Å². The summed E-state index contributed by atoms with van der Waals surface area (Å²) in [6, 6.07) is 8.41. The van der Waals surface area contributed by atoms with Gasteiger partial charge in [-0.2, -0.15) is 5.10 Å². The summed E-state index contributed by atoms with van der Waals surface area (Å²) in [4.78, 5) is 17.6. The van der Waals surface area contributed by atoms with Crippen LogP contribution in [0.1, 0.15) is 41.6 Å². The zero-order valence-corrected chi connectivity index (χ0v) is 18.4. The van der Waals surface area contributed by atoms with E-state index in [0.717, 1.165) is 36.1 Å². The maximum absolute atomic E-state index is 14.8. The molecule has 1 aromatic carbocycles. The number of amides is 1. The molecular weight excluding hydrogens is 421 g/mol. The van der Waals surface area contributed by atoms with E-state index in [4.69, 9.17) is 0 Å². The maximum atomic E-state index is 14.8. The van der Waals surface area contributed by atoms with Gasteiger partial charge in [-0.3, -0.25) is 14.5 Å². The zero-order chi connectivity index (χ0) is 22.9. The SMILES string of the molecule is Cn1cc(-c2ccc(Cn3cc(C(=O)NC4CCCCC4O)c4c(F)cccc43)cn2)cn1. The van der Waals surface area contributed by atoms with E-state index in [-0.39, 0.29) is 17.5 Å². The minimum atomic E-state index is -0.565. The Morgan fingerprint density at radius 1 is 1.18 bits per heavy atom. The molecule has 1 saturated carbocycles. The monoisotopic (exact) mass is 447 g/mol. The maximum Gasteiger partial charge on any atom is 0.253 e. The summed E-state index contributed by atoms with van der Waals surface area (Å²) in [6.07, 6.45) is 9.88. The first kappa shape index (κ1) is 21.3. The van der Waals surface area contributed by atoms with Gasteiger partial charge in [-0.05, 0) is 36.6 Å². The van der Waals surface area contributed by atoms with E-state index in [1.165, 1.54) is 6.07 Å². The van der Waals surface area contributed by atoms with Crippen LogP contribution in [0.3, 0.4) is 0 Å². The molecule has 1 aliphatic carbocycles. The van der Waals surface area contributed by atoms with Gasteiger partial charge in [-0.1, -0.05) is 25.0 Å². The number of hydrogen-bond donors (Lipinski definition) is 2. The van der Waals surface area contributed by atoms with Crippen LogP contribution in [-0.4, -0.2) is 42.5 Å². The van der Waals surface area contributed by atoms with Gasteiger partial charge in [-0.25, -0.2) is 4.39 Å². The van der Waals surface area contributed by atoms with Crippen LogP contribution in [0.5, 0.6) is 0 Å². The standard InChI is InChI=1S/C25H26FN5O2/c1-30-14-17(12-28-30)20-10-9-16(11-27-20)13-31-15-18(24-19(26)5-4-7-22(24)31)25(33)29-21-6-2-3-8-23(21)32/h4-5,7,9-12,14-15,21,23,32H,2-3,6,8,13H2,1H3,(H,29,33). The fraction of sp³-hybridized carbons (Fsp3) is 0.320. The van der Waals surface area contributed by atoms with Crippen molar-refractivity contribution in [2.45, 2.75) is 44.4 Å². The summed E-state index contributed by atoms with van der Waals surface area (Å²) in [5.74, 6) is -0.800. The summed E-state index contributed by atoms with van der Waals surface area (Å²) < 4.78 is 18.4. The Morgan fingerprint density at radius 2 is 2.03 bits per heavy atom. The average Bonchev–Trinajstić information content (AvgIpc) is 3.41. The van der Waals surface area contributed by atoms with Crippen LogP contribution < -0.4 is 5.32 Å². The molecule has 170 valence electrons. The Morgan fingerprint density at radius 3 is 2.76 bits per heavy atom. The second-order valence-electron chi connectivity index (χ2n) is 8.69. The highest BCUT2D eigenvalue weighted by Crippen LogP contribution is 2.27. The number of halogens is 1. The van der Waals surface area contributed by atoms with Gasteiger partial charge in [-0.15, -0.1) is 0 Å². The van der Waals surface area contributed by atoms with Crippen LogP contribution in [0.2, 0.25) is 0 Å². The lowest BCUT2D eigenvalue weighted by Crippen LogP contribution is -2.45. The van der Waals surface area contributed by atoms with Gasteiger partial charge in [0.1, 0.15) is 5.82 Å². The Kier molecular flexibility index (Phi) is 5.68. The van der Waals surface area contributed by atoms with Crippen LogP contribution in [0.25, 0.3) is 22.2 Å². The number of benzene rings is 1. The van der Waals surface area contributed by atoms with Crippen molar-refractivity contribution in [3.05, 3.63) is 72.1 Å². The van der Waals surface area contributed by atoms with E-state index >= 15 is 0 Å². The highest BCUT2D eigenvalue weighted by molar-refractivity contribution is 6.07. The molecular formula is C25H26FN5O2. The van der Waals surface area contributed by atoms with Crippen molar-refractivity contribution in [1.29, 1.82) is 0 Å². The van der Waals surface area contributed by atoms with Crippen LogP contribution >= 0.6 is 0 Å². The number of aliphatic hydroxyl groups excluding tert-OH is 1. The van der Waals surface area contributed by atoms with Crippen molar-refractivity contribution in [2.24, 2.45) is 7.05 Å². The second kappa shape index (κ2) is 8.78. The fourth-order valence-corrected chi connectivity index (χ4v) is 4.58. The van der Waals surface area contributed by atoms with E-state index in [1.54, 1.807) is 29.3 Å². The molecule has 5 rings (SSSR count). The quantitative estimate of drug-likeness (QED) is 0.489.